The summed E-state index contributed by atoms with van der Waals surface area (Å²) in [7, 11) is 0. The molecule has 3 N–H and O–H groups in total. The Labute approximate surface area is 202 Å². The maximum atomic E-state index is 13.2. The zero-order valence-electron chi connectivity index (χ0n) is 20.8. The lowest BCUT2D eigenvalue weighted by atomic mass is 9.78. The van der Waals surface area contributed by atoms with E-state index in [0.717, 1.165) is 16.7 Å². The molecule has 0 aliphatic rings. The maximum absolute atomic E-state index is 13.2. The van der Waals surface area contributed by atoms with Gasteiger partial charge in [-0.3, -0.25) is 4.79 Å². The monoisotopic (exact) mass is 458 g/mol. The molecule has 5 nitrogen and oxygen atoms in total. The molecule has 3 aromatic rings. The molecule has 0 unspecified atom stereocenters. The number of phenols is 1. The van der Waals surface area contributed by atoms with Crippen LogP contribution in [-0.4, -0.2) is 22.3 Å². The summed E-state index contributed by atoms with van der Waals surface area (Å²) in [6.45, 7) is 12.2. The first-order chi connectivity index (χ1) is 15.8. The summed E-state index contributed by atoms with van der Waals surface area (Å²) in [6.07, 6.45) is 1.54. The smallest absolute Gasteiger partial charge is 0.281 e. The second-order valence-electron chi connectivity index (χ2n) is 10.6. The molecule has 34 heavy (non-hydrogen) atoms. The van der Waals surface area contributed by atoms with Crippen molar-refractivity contribution in [2.75, 3.05) is 0 Å². The highest BCUT2D eigenvalue weighted by Gasteiger charge is 2.39. The van der Waals surface area contributed by atoms with Crippen molar-refractivity contribution in [1.82, 2.24) is 5.43 Å². The van der Waals surface area contributed by atoms with E-state index in [9.17, 15) is 15.0 Å². The molecule has 0 atom stereocenters. The number of hydrazone groups is 1. The van der Waals surface area contributed by atoms with Crippen LogP contribution >= 0.6 is 0 Å². The zero-order chi connectivity index (χ0) is 25.1. The van der Waals surface area contributed by atoms with Gasteiger partial charge in [0.1, 0.15) is 5.75 Å². The molecule has 178 valence electrons. The van der Waals surface area contributed by atoms with Gasteiger partial charge in [-0.25, -0.2) is 5.43 Å². The van der Waals surface area contributed by atoms with E-state index >= 15 is 0 Å². The SMILES string of the molecule is CC(C)(C)c1cc(C=NNC(=O)C(O)(c2ccccc2)c2ccccc2)cc(C(C)(C)C)c1O. The molecule has 5 heteroatoms. The van der Waals surface area contributed by atoms with Crippen molar-refractivity contribution in [2.24, 2.45) is 5.10 Å². The number of carbonyl (C=O) groups excluding carboxylic acids is 1. The predicted molar refractivity (Wildman–Crippen MR) is 137 cm³/mol. The topological polar surface area (TPSA) is 81.9 Å². The third kappa shape index (κ3) is 5.20. The van der Waals surface area contributed by atoms with E-state index in [2.05, 4.69) is 10.5 Å². The lowest BCUT2D eigenvalue weighted by Crippen LogP contribution is -2.43. The Kier molecular flexibility index (Phi) is 6.99. The molecule has 0 aliphatic heterocycles. The first kappa shape index (κ1) is 25.2. The van der Waals surface area contributed by atoms with Gasteiger partial charge < -0.3 is 10.2 Å². The second kappa shape index (κ2) is 9.43. The van der Waals surface area contributed by atoms with Crippen molar-refractivity contribution in [3.05, 3.63) is 101 Å². The summed E-state index contributed by atoms with van der Waals surface area (Å²) < 4.78 is 0. The fourth-order valence-electron chi connectivity index (χ4n) is 3.91. The maximum Gasteiger partial charge on any atom is 0.281 e. The second-order valence-corrected chi connectivity index (χ2v) is 10.6. The Morgan fingerprint density at radius 2 is 1.21 bits per heavy atom. The lowest BCUT2D eigenvalue weighted by molar-refractivity contribution is -0.136. The van der Waals surface area contributed by atoms with Crippen molar-refractivity contribution in [2.45, 2.75) is 58.0 Å². The Hall–Kier alpha value is -3.44. The molecule has 0 saturated carbocycles. The summed E-state index contributed by atoms with van der Waals surface area (Å²) in [5.74, 6) is -0.379. The Morgan fingerprint density at radius 1 is 0.794 bits per heavy atom. The molecule has 0 aromatic heterocycles. The number of aromatic hydroxyl groups is 1. The molecule has 0 bridgehead atoms. The summed E-state index contributed by atoms with van der Waals surface area (Å²) in [4.78, 5) is 13.2. The largest absolute Gasteiger partial charge is 0.507 e. The Balaban J connectivity index is 1.97. The number of amides is 1. The number of hydrogen-bond acceptors (Lipinski definition) is 4. The predicted octanol–water partition coefficient (Wildman–Crippen LogP) is 5.37. The number of aliphatic hydroxyl groups is 1. The molecular formula is C29H34N2O3. The van der Waals surface area contributed by atoms with E-state index in [0.29, 0.717) is 11.1 Å². The fourth-order valence-corrected chi connectivity index (χ4v) is 3.91. The number of rotatable bonds is 5. The summed E-state index contributed by atoms with van der Waals surface area (Å²) in [5, 5.41) is 26.6. The highest BCUT2D eigenvalue weighted by atomic mass is 16.3. The number of carbonyl (C=O) groups is 1. The van der Waals surface area contributed by atoms with Gasteiger partial charge in [-0.05, 0) is 39.7 Å². The third-order valence-electron chi connectivity index (χ3n) is 5.84. The standard InChI is InChI=1S/C29H34N2O3/c1-27(2,3)23-17-20(18-24(25(23)32)28(4,5)6)19-30-31-26(33)29(34,21-13-9-7-10-14-21)22-15-11-8-12-16-22/h7-19,32,34H,1-6H3,(H,31,33). The number of phenolic OH excluding ortho intramolecular Hbond substituents is 1. The molecule has 0 saturated heterocycles. The summed E-state index contributed by atoms with van der Waals surface area (Å²) >= 11 is 0. The van der Waals surface area contributed by atoms with E-state index in [1.54, 1.807) is 48.5 Å². The van der Waals surface area contributed by atoms with Gasteiger partial charge in [0.05, 0.1) is 6.21 Å². The van der Waals surface area contributed by atoms with E-state index in [1.165, 1.54) is 6.21 Å². The molecule has 3 rings (SSSR count). The number of nitrogens with one attached hydrogen (secondary N) is 1. The molecule has 0 spiro atoms. The van der Waals surface area contributed by atoms with Gasteiger partial charge >= 0.3 is 0 Å². The van der Waals surface area contributed by atoms with Gasteiger partial charge in [-0.15, -0.1) is 0 Å². The molecule has 3 aromatic carbocycles. The van der Waals surface area contributed by atoms with Crippen molar-refractivity contribution < 1.29 is 15.0 Å². The van der Waals surface area contributed by atoms with Crippen LogP contribution in [0.5, 0.6) is 5.75 Å². The van der Waals surface area contributed by atoms with Crippen LogP contribution in [0.3, 0.4) is 0 Å². The van der Waals surface area contributed by atoms with Gasteiger partial charge in [0, 0.05) is 11.1 Å². The molecular weight excluding hydrogens is 424 g/mol. The van der Waals surface area contributed by atoms with Gasteiger partial charge in [-0.1, -0.05) is 102 Å². The van der Waals surface area contributed by atoms with Gasteiger partial charge in [-0.2, -0.15) is 5.10 Å². The van der Waals surface area contributed by atoms with Gasteiger partial charge in [0.25, 0.3) is 5.91 Å². The van der Waals surface area contributed by atoms with Crippen molar-refractivity contribution in [3.8, 4) is 5.75 Å². The molecule has 0 radical (unpaired) electrons. The lowest BCUT2D eigenvalue weighted by Gasteiger charge is -2.28. The molecule has 0 fully saturated rings. The molecule has 0 heterocycles. The van der Waals surface area contributed by atoms with Crippen LogP contribution < -0.4 is 5.43 Å². The van der Waals surface area contributed by atoms with Crippen molar-refractivity contribution in [1.29, 1.82) is 0 Å². The first-order valence-corrected chi connectivity index (χ1v) is 11.4. The number of benzene rings is 3. The number of hydrogen-bond donors (Lipinski definition) is 3. The highest BCUT2D eigenvalue weighted by Crippen LogP contribution is 2.39. The van der Waals surface area contributed by atoms with Crippen molar-refractivity contribution >= 4 is 12.1 Å². The summed E-state index contributed by atoms with van der Waals surface area (Å²) in [6, 6.07) is 21.4. The minimum absolute atomic E-state index is 0.280. The van der Waals surface area contributed by atoms with E-state index in [-0.39, 0.29) is 16.6 Å². The van der Waals surface area contributed by atoms with Crippen LogP contribution in [0.25, 0.3) is 0 Å². The Morgan fingerprint density at radius 3 is 1.59 bits per heavy atom. The Bertz CT molecular complexity index is 1100. The van der Waals surface area contributed by atoms with Crippen LogP contribution in [0.15, 0.2) is 77.9 Å². The van der Waals surface area contributed by atoms with E-state index in [1.807, 2.05) is 65.8 Å². The van der Waals surface area contributed by atoms with Crippen LogP contribution in [0.1, 0.15) is 69.4 Å². The summed E-state index contributed by atoms with van der Waals surface area (Å²) in [5.41, 5.74) is 3.31. The fraction of sp³-hybridized carbons (Fsp3) is 0.310. The number of nitrogens with zero attached hydrogens (tertiary/aromatic N) is 1. The zero-order valence-corrected chi connectivity index (χ0v) is 20.8. The first-order valence-electron chi connectivity index (χ1n) is 11.4. The normalized spacial score (nSPS) is 12.7. The molecule has 1 amide bonds. The van der Waals surface area contributed by atoms with E-state index in [4.69, 9.17) is 0 Å². The van der Waals surface area contributed by atoms with Gasteiger partial charge in [0.15, 0.2) is 5.60 Å². The van der Waals surface area contributed by atoms with E-state index < -0.39 is 11.5 Å². The average molecular weight is 459 g/mol. The minimum atomic E-state index is -1.90. The van der Waals surface area contributed by atoms with Gasteiger partial charge in [0.2, 0.25) is 0 Å². The average Bonchev–Trinajstić information content (AvgIpc) is 2.79. The van der Waals surface area contributed by atoms with Crippen molar-refractivity contribution in [3.63, 3.8) is 0 Å². The van der Waals surface area contributed by atoms with Crippen LogP contribution in [-0.2, 0) is 21.2 Å². The van der Waals surface area contributed by atoms with Crippen LogP contribution in [0.4, 0.5) is 0 Å². The minimum Gasteiger partial charge on any atom is -0.507 e. The third-order valence-corrected chi connectivity index (χ3v) is 5.84. The molecule has 0 aliphatic carbocycles. The highest BCUT2D eigenvalue weighted by molar-refractivity contribution is 5.91. The van der Waals surface area contributed by atoms with Crippen LogP contribution in [0, 0.1) is 0 Å². The quantitative estimate of drug-likeness (QED) is 0.355. The van der Waals surface area contributed by atoms with Crippen LogP contribution in [0.2, 0.25) is 0 Å².